The molecule has 1 aromatic heterocycles. The number of pyridine rings is 1. The molecule has 0 spiro atoms. The number of hydrogen-bond acceptors (Lipinski definition) is 2. The molecule has 94 valence electrons. The number of hydrogen-bond donors (Lipinski definition) is 0. The SMILES string of the molecule is COc1cnc(-c2ccccc2)cc1C(F)(F)F. The standard InChI is InChI=1S/C13H10F3NO/c1-18-12-8-17-11(7-10(12)13(14,15)16)9-5-3-2-4-6-9/h2-8H,1H3. The molecule has 0 N–H and O–H groups in total. The van der Waals surface area contributed by atoms with Crippen LogP contribution < -0.4 is 4.74 Å². The van der Waals surface area contributed by atoms with Crippen LogP contribution in [0.1, 0.15) is 5.56 Å². The van der Waals surface area contributed by atoms with Crippen LogP contribution in [0.15, 0.2) is 42.6 Å². The first-order valence-electron chi connectivity index (χ1n) is 5.19. The largest absolute Gasteiger partial charge is 0.495 e. The van der Waals surface area contributed by atoms with Crippen LogP contribution in [0, 0.1) is 0 Å². The third-order valence-corrected chi connectivity index (χ3v) is 2.46. The molecule has 0 aliphatic heterocycles. The number of rotatable bonds is 2. The Labute approximate surface area is 102 Å². The lowest BCUT2D eigenvalue weighted by atomic mass is 10.1. The van der Waals surface area contributed by atoms with Crippen molar-refractivity contribution in [2.45, 2.75) is 6.18 Å². The Bertz CT molecular complexity index is 538. The minimum absolute atomic E-state index is 0.267. The fourth-order valence-electron chi connectivity index (χ4n) is 1.59. The van der Waals surface area contributed by atoms with E-state index in [9.17, 15) is 13.2 Å². The highest BCUT2D eigenvalue weighted by atomic mass is 19.4. The summed E-state index contributed by atoms with van der Waals surface area (Å²) >= 11 is 0. The van der Waals surface area contributed by atoms with E-state index >= 15 is 0 Å². The molecule has 0 atom stereocenters. The van der Waals surface area contributed by atoms with Crippen LogP contribution >= 0.6 is 0 Å². The van der Waals surface area contributed by atoms with E-state index < -0.39 is 11.7 Å². The fourth-order valence-corrected chi connectivity index (χ4v) is 1.59. The van der Waals surface area contributed by atoms with Gasteiger partial charge in [-0.3, -0.25) is 4.98 Å². The van der Waals surface area contributed by atoms with Gasteiger partial charge in [-0.1, -0.05) is 30.3 Å². The number of ether oxygens (including phenoxy) is 1. The maximum Gasteiger partial charge on any atom is 0.420 e. The van der Waals surface area contributed by atoms with Gasteiger partial charge in [-0.05, 0) is 6.07 Å². The molecule has 0 fully saturated rings. The molecule has 2 aromatic rings. The number of benzene rings is 1. The Morgan fingerprint density at radius 2 is 1.78 bits per heavy atom. The van der Waals surface area contributed by atoms with Crippen molar-refractivity contribution in [1.82, 2.24) is 4.98 Å². The maximum atomic E-state index is 12.8. The van der Waals surface area contributed by atoms with Gasteiger partial charge in [0, 0.05) is 5.56 Å². The van der Waals surface area contributed by atoms with Gasteiger partial charge in [0.05, 0.1) is 19.0 Å². The zero-order valence-corrected chi connectivity index (χ0v) is 9.53. The first-order valence-corrected chi connectivity index (χ1v) is 5.19. The van der Waals surface area contributed by atoms with Gasteiger partial charge in [-0.25, -0.2) is 0 Å². The highest BCUT2D eigenvalue weighted by molar-refractivity contribution is 5.61. The van der Waals surface area contributed by atoms with E-state index in [2.05, 4.69) is 9.72 Å². The van der Waals surface area contributed by atoms with E-state index in [1.54, 1.807) is 30.3 Å². The van der Waals surface area contributed by atoms with Crippen molar-refractivity contribution < 1.29 is 17.9 Å². The minimum atomic E-state index is -4.46. The third-order valence-electron chi connectivity index (χ3n) is 2.46. The summed E-state index contributed by atoms with van der Waals surface area (Å²) in [6, 6.07) is 9.68. The van der Waals surface area contributed by atoms with E-state index in [1.165, 1.54) is 7.11 Å². The van der Waals surface area contributed by atoms with Gasteiger partial charge in [0.2, 0.25) is 0 Å². The average molecular weight is 253 g/mol. The number of alkyl halides is 3. The van der Waals surface area contributed by atoms with Crippen LogP contribution in [-0.2, 0) is 6.18 Å². The Morgan fingerprint density at radius 1 is 1.11 bits per heavy atom. The van der Waals surface area contributed by atoms with Gasteiger partial charge < -0.3 is 4.74 Å². The van der Waals surface area contributed by atoms with Gasteiger partial charge in [0.1, 0.15) is 11.3 Å². The van der Waals surface area contributed by atoms with Crippen LogP contribution in [0.4, 0.5) is 13.2 Å². The lowest BCUT2D eigenvalue weighted by Crippen LogP contribution is -2.08. The summed E-state index contributed by atoms with van der Waals surface area (Å²) in [6.45, 7) is 0. The van der Waals surface area contributed by atoms with Crippen LogP contribution in [0.3, 0.4) is 0 Å². The van der Waals surface area contributed by atoms with Crippen molar-refractivity contribution in [3.63, 3.8) is 0 Å². The molecule has 0 saturated carbocycles. The summed E-state index contributed by atoms with van der Waals surface area (Å²) in [7, 11) is 1.19. The molecule has 18 heavy (non-hydrogen) atoms. The third kappa shape index (κ3) is 2.45. The summed E-state index contributed by atoms with van der Waals surface area (Å²) in [5.74, 6) is -0.276. The van der Waals surface area contributed by atoms with Crippen molar-refractivity contribution in [3.8, 4) is 17.0 Å². The second-order valence-corrected chi connectivity index (χ2v) is 3.63. The summed E-state index contributed by atoms with van der Waals surface area (Å²) in [6.07, 6.45) is -3.37. The van der Waals surface area contributed by atoms with Gasteiger partial charge in [-0.2, -0.15) is 13.2 Å². The van der Waals surface area contributed by atoms with Crippen LogP contribution in [0.2, 0.25) is 0 Å². The monoisotopic (exact) mass is 253 g/mol. The van der Waals surface area contributed by atoms with Crippen molar-refractivity contribution >= 4 is 0 Å². The molecule has 1 heterocycles. The molecule has 0 saturated heterocycles. The topological polar surface area (TPSA) is 22.1 Å². The Morgan fingerprint density at radius 3 is 2.33 bits per heavy atom. The number of methoxy groups -OCH3 is 1. The van der Waals surface area contributed by atoms with Crippen LogP contribution in [0.5, 0.6) is 5.75 Å². The highest BCUT2D eigenvalue weighted by Crippen LogP contribution is 2.37. The summed E-state index contributed by atoms with van der Waals surface area (Å²) in [5.41, 5.74) is 0.0771. The van der Waals surface area contributed by atoms with E-state index in [0.29, 0.717) is 5.56 Å². The van der Waals surface area contributed by atoms with E-state index in [0.717, 1.165) is 12.3 Å². The maximum absolute atomic E-state index is 12.8. The van der Waals surface area contributed by atoms with Crippen LogP contribution in [0.25, 0.3) is 11.3 Å². The van der Waals surface area contributed by atoms with Gasteiger partial charge in [0.25, 0.3) is 0 Å². The van der Waals surface area contributed by atoms with Crippen molar-refractivity contribution in [2.24, 2.45) is 0 Å². The van der Waals surface area contributed by atoms with Crippen molar-refractivity contribution in [1.29, 1.82) is 0 Å². The Hall–Kier alpha value is -2.04. The van der Waals surface area contributed by atoms with Crippen molar-refractivity contribution in [3.05, 3.63) is 48.2 Å². The van der Waals surface area contributed by atoms with E-state index in [-0.39, 0.29) is 11.4 Å². The molecule has 0 bridgehead atoms. The summed E-state index contributed by atoms with van der Waals surface area (Å²) in [4.78, 5) is 3.97. The molecule has 0 unspecified atom stereocenters. The predicted octanol–water partition coefficient (Wildman–Crippen LogP) is 3.78. The number of halogens is 3. The first kappa shape index (κ1) is 12.4. The van der Waals surface area contributed by atoms with Gasteiger partial charge in [-0.15, -0.1) is 0 Å². The lowest BCUT2D eigenvalue weighted by Gasteiger charge is -2.12. The highest BCUT2D eigenvalue weighted by Gasteiger charge is 2.35. The molecule has 2 nitrogen and oxygen atoms in total. The van der Waals surface area contributed by atoms with Crippen molar-refractivity contribution in [2.75, 3.05) is 7.11 Å². The lowest BCUT2D eigenvalue weighted by molar-refractivity contribution is -0.138. The van der Waals surface area contributed by atoms with Gasteiger partial charge in [0.15, 0.2) is 0 Å². The second kappa shape index (κ2) is 4.68. The quantitative estimate of drug-likeness (QED) is 0.812. The number of nitrogens with zero attached hydrogens (tertiary/aromatic N) is 1. The van der Waals surface area contributed by atoms with Gasteiger partial charge >= 0.3 is 6.18 Å². The Balaban J connectivity index is 2.53. The van der Waals surface area contributed by atoms with Crippen LogP contribution in [-0.4, -0.2) is 12.1 Å². The summed E-state index contributed by atoms with van der Waals surface area (Å²) < 4.78 is 43.2. The molecule has 0 radical (unpaired) electrons. The first-order chi connectivity index (χ1) is 8.52. The normalized spacial score (nSPS) is 11.3. The van der Waals surface area contributed by atoms with E-state index in [1.807, 2.05) is 0 Å². The molecule has 0 amide bonds. The molecule has 1 aromatic carbocycles. The molecule has 5 heteroatoms. The zero-order valence-electron chi connectivity index (χ0n) is 9.53. The molecule has 2 rings (SSSR count). The fraction of sp³-hybridized carbons (Fsp3) is 0.154. The molecular formula is C13H10F3NO. The zero-order chi connectivity index (χ0) is 13.2. The summed E-state index contributed by atoms with van der Waals surface area (Å²) in [5, 5.41) is 0. The molecule has 0 aliphatic carbocycles. The molecular weight excluding hydrogens is 243 g/mol. The minimum Gasteiger partial charge on any atom is -0.495 e. The average Bonchev–Trinajstić information content (AvgIpc) is 2.38. The van der Waals surface area contributed by atoms with E-state index in [4.69, 9.17) is 0 Å². The second-order valence-electron chi connectivity index (χ2n) is 3.63. The predicted molar refractivity (Wildman–Crippen MR) is 61.2 cm³/mol. The molecule has 0 aliphatic rings. The number of aromatic nitrogens is 1. The smallest absolute Gasteiger partial charge is 0.420 e. The Kier molecular flexibility index (Phi) is 3.23.